The van der Waals surface area contributed by atoms with E-state index < -0.39 is 0 Å². The second-order valence-electron chi connectivity index (χ2n) is 4.87. The number of amides is 2. The van der Waals surface area contributed by atoms with Crippen molar-refractivity contribution in [2.75, 3.05) is 39.8 Å². The van der Waals surface area contributed by atoms with Gasteiger partial charge in [0.2, 0.25) is 0 Å². The van der Waals surface area contributed by atoms with E-state index >= 15 is 0 Å². The third-order valence-corrected chi connectivity index (χ3v) is 3.57. The number of hydrogen-bond donors (Lipinski definition) is 0. The Bertz CT molecular complexity index is 338. The Morgan fingerprint density at radius 2 is 1.94 bits per heavy atom. The van der Waals surface area contributed by atoms with Crippen LogP contribution in [0.4, 0.5) is 4.79 Å². The van der Waals surface area contributed by atoms with E-state index in [1.165, 1.54) is 25.9 Å². The number of nitrogens with zero attached hydrogens (tertiary/aromatic N) is 3. The minimum atomic E-state index is 0.105. The molecule has 0 bridgehead atoms. The summed E-state index contributed by atoms with van der Waals surface area (Å²) in [4.78, 5) is 17.6. The molecule has 0 aromatic carbocycles. The van der Waals surface area contributed by atoms with E-state index in [0.717, 1.165) is 13.1 Å². The highest BCUT2D eigenvalue weighted by molar-refractivity contribution is 5.76. The lowest BCUT2D eigenvalue weighted by Crippen LogP contribution is -2.31. The zero-order valence-corrected chi connectivity index (χ0v) is 10.8. The van der Waals surface area contributed by atoms with Crippen LogP contribution >= 0.6 is 0 Å². The van der Waals surface area contributed by atoms with Gasteiger partial charge < -0.3 is 9.80 Å². The molecule has 2 heterocycles. The van der Waals surface area contributed by atoms with E-state index in [1.54, 1.807) is 4.90 Å². The molecule has 94 valence electrons. The highest BCUT2D eigenvalue weighted by Crippen LogP contribution is 2.10. The molecule has 0 aromatic rings. The molecule has 0 radical (unpaired) electrons. The van der Waals surface area contributed by atoms with Gasteiger partial charge in [-0.1, -0.05) is 11.8 Å². The van der Waals surface area contributed by atoms with E-state index in [-0.39, 0.29) is 6.03 Å². The summed E-state index contributed by atoms with van der Waals surface area (Å²) in [5.74, 6) is 6.39. The number of urea groups is 1. The van der Waals surface area contributed by atoms with Gasteiger partial charge in [-0.25, -0.2) is 4.79 Å². The molecule has 1 atom stereocenters. The summed E-state index contributed by atoms with van der Waals surface area (Å²) in [7, 11) is 1.84. The zero-order chi connectivity index (χ0) is 12.3. The molecule has 0 aliphatic carbocycles. The molecular formula is C13H21N3O. The minimum absolute atomic E-state index is 0.105. The van der Waals surface area contributed by atoms with Crippen LogP contribution in [0.2, 0.25) is 0 Å². The summed E-state index contributed by atoms with van der Waals surface area (Å²) in [6.07, 6.45) is 2.59. The SMILES string of the molecule is CC(C#CCN1CCN(C)C1=O)N1CCCC1. The third-order valence-electron chi connectivity index (χ3n) is 3.57. The Morgan fingerprint density at radius 3 is 2.53 bits per heavy atom. The number of hydrogen-bond acceptors (Lipinski definition) is 2. The van der Waals surface area contributed by atoms with Gasteiger partial charge >= 0.3 is 6.03 Å². The monoisotopic (exact) mass is 235 g/mol. The van der Waals surface area contributed by atoms with Crippen LogP contribution in [0.15, 0.2) is 0 Å². The van der Waals surface area contributed by atoms with Gasteiger partial charge in [0.25, 0.3) is 0 Å². The van der Waals surface area contributed by atoms with Gasteiger partial charge in [0.05, 0.1) is 12.6 Å². The van der Waals surface area contributed by atoms with E-state index in [4.69, 9.17) is 0 Å². The molecule has 2 fully saturated rings. The van der Waals surface area contributed by atoms with Crippen LogP contribution in [0.1, 0.15) is 19.8 Å². The molecule has 2 amide bonds. The van der Waals surface area contributed by atoms with Gasteiger partial charge in [-0.15, -0.1) is 0 Å². The molecule has 2 aliphatic rings. The maximum atomic E-state index is 11.6. The fourth-order valence-electron chi connectivity index (χ4n) is 2.36. The Hall–Kier alpha value is -1.21. The van der Waals surface area contributed by atoms with Gasteiger partial charge in [0, 0.05) is 20.1 Å². The Kier molecular flexibility index (Phi) is 3.90. The first-order valence-electron chi connectivity index (χ1n) is 6.41. The molecule has 0 N–H and O–H groups in total. The van der Waals surface area contributed by atoms with Gasteiger partial charge in [0.15, 0.2) is 0 Å². The largest absolute Gasteiger partial charge is 0.326 e. The van der Waals surface area contributed by atoms with Gasteiger partial charge in [-0.2, -0.15) is 0 Å². The Balaban J connectivity index is 1.79. The van der Waals surface area contributed by atoms with Gasteiger partial charge in [0.1, 0.15) is 0 Å². The molecular weight excluding hydrogens is 214 g/mol. The van der Waals surface area contributed by atoms with Crippen LogP contribution in [0, 0.1) is 11.8 Å². The Morgan fingerprint density at radius 1 is 1.24 bits per heavy atom. The van der Waals surface area contributed by atoms with Crippen LogP contribution in [0.25, 0.3) is 0 Å². The number of likely N-dealkylation sites (N-methyl/N-ethyl adjacent to an activating group) is 1. The topological polar surface area (TPSA) is 26.8 Å². The second-order valence-corrected chi connectivity index (χ2v) is 4.87. The Labute approximate surface area is 104 Å². The van der Waals surface area contributed by atoms with Crippen molar-refractivity contribution in [1.29, 1.82) is 0 Å². The predicted octanol–water partition coefficient (Wildman–Crippen LogP) is 0.842. The molecule has 4 heteroatoms. The molecule has 0 spiro atoms. The summed E-state index contributed by atoms with van der Waals surface area (Å²) in [5.41, 5.74) is 0. The normalized spacial score (nSPS) is 22.8. The van der Waals surface area contributed by atoms with E-state index in [2.05, 4.69) is 23.7 Å². The lowest BCUT2D eigenvalue weighted by atomic mass is 10.3. The summed E-state index contributed by atoms with van der Waals surface area (Å²) >= 11 is 0. The van der Waals surface area contributed by atoms with Crippen molar-refractivity contribution >= 4 is 6.03 Å². The number of likely N-dealkylation sites (tertiary alicyclic amines) is 1. The fourth-order valence-corrected chi connectivity index (χ4v) is 2.36. The maximum absolute atomic E-state index is 11.6. The zero-order valence-electron chi connectivity index (χ0n) is 10.8. The second kappa shape index (κ2) is 5.42. The summed E-state index contributed by atoms with van der Waals surface area (Å²) in [5, 5.41) is 0. The van der Waals surface area contributed by atoms with Crippen LogP contribution in [-0.2, 0) is 0 Å². The number of carbonyl (C=O) groups is 1. The summed E-state index contributed by atoms with van der Waals surface area (Å²) in [6.45, 7) is 6.68. The molecule has 0 aromatic heterocycles. The van der Waals surface area contributed by atoms with Gasteiger partial charge in [-0.05, 0) is 32.9 Å². The molecule has 2 saturated heterocycles. The van der Waals surface area contributed by atoms with Crippen molar-refractivity contribution in [2.24, 2.45) is 0 Å². The molecule has 0 saturated carbocycles. The van der Waals surface area contributed by atoms with E-state index in [9.17, 15) is 4.79 Å². The first-order chi connectivity index (χ1) is 8.18. The maximum Gasteiger partial charge on any atom is 0.320 e. The van der Waals surface area contributed by atoms with Crippen molar-refractivity contribution in [3.05, 3.63) is 0 Å². The molecule has 2 aliphatic heterocycles. The van der Waals surface area contributed by atoms with Gasteiger partial charge in [-0.3, -0.25) is 4.90 Å². The standard InChI is InChI=1S/C13H21N3O/c1-12(15-7-3-4-8-15)6-5-9-16-11-10-14(2)13(16)17/h12H,3-4,7-11H2,1-2H3. The quantitative estimate of drug-likeness (QED) is 0.663. The first kappa shape index (κ1) is 12.3. The fraction of sp³-hybridized carbons (Fsp3) is 0.769. The highest BCUT2D eigenvalue weighted by Gasteiger charge is 2.24. The molecule has 4 nitrogen and oxygen atoms in total. The average Bonchev–Trinajstić information content (AvgIpc) is 2.93. The van der Waals surface area contributed by atoms with Crippen molar-refractivity contribution in [3.8, 4) is 11.8 Å². The van der Waals surface area contributed by atoms with Crippen LogP contribution < -0.4 is 0 Å². The third kappa shape index (κ3) is 2.92. The summed E-state index contributed by atoms with van der Waals surface area (Å²) < 4.78 is 0. The average molecular weight is 235 g/mol. The summed E-state index contributed by atoms with van der Waals surface area (Å²) in [6, 6.07) is 0.432. The number of carbonyl (C=O) groups excluding carboxylic acids is 1. The smallest absolute Gasteiger partial charge is 0.320 e. The van der Waals surface area contributed by atoms with Crippen LogP contribution in [0.5, 0.6) is 0 Å². The lowest BCUT2D eigenvalue weighted by Gasteiger charge is -2.18. The minimum Gasteiger partial charge on any atom is -0.326 e. The van der Waals surface area contributed by atoms with Crippen LogP contribution in [-0.4, -0.2) is 66.5 Å². The van der Waals surface area contributed by atoms with Crippen molar-refractivity contribution in [2.45, 2.75) is 25.8 Å². The molecule has 17 heavy (non-hydrogen) atoms. The van der Waals surface area contributed by atoms with E-state index in [0.29, 0.717) is 12.6 Å². The van der Waals surface area contributed by atoms with E-state index in [1.807, 2.05) is 11.9 Å². The van der Waals surface area contributed by atoms with Crippen molar-refractivity contribution < 1.29 is 4.79 Å². The van der Waals surface area contributed by atoms with Crippen molar-refractivity contribution in [3.63, 3.8) is 0 Å². The van der Waals surface area contributed by atoms with Crippen LogP contribution in [0.3, 0.4) is 0 Å². The predicted molar refractivity (Wildman–Crippen MR) is 67.6 cm³/mol. The number of rotatable bonds is 2. The lowest BCUT2D eigenvalue weighted by molar-refractivity contribution is 0.202. The highest BCUT2D eigenvalue weighted by atomic mass is 16.2. The molecule has 1 unspecified atom stereocenters. The molecule has 2 rings (SSSR count). The van der Waals surface area contributed by atoms with Crippen molar-refractivity contribution in [1.82, 2.24) is 14.7 Å². The first-order valence-corrected chi connectivity index (χ1v) is 6.41.